The summed E-state index contributed by atoms with van der Waals surface area (Å²) in [6.07, 6.45) is -5.09. The quantitative estimate of drug-likeness (QED) is 0.472. The minimum absolute atomic E-state index is 0.0765. The lowest BCUT2D eigenvalue weighted by atomic mass is 10.2. The highest BCUT2D eigenvalue weighted by Crippen LogP contribution is 2.32. The van der Waals surface area contributed by atoms with E-state index in [1.54, 1.807) is 18.6 Å². The molecule has 0 aliphatic heterocycles. The maximum atomic E-state index is 13.7. The second-order valence-corrected chi connectivity index (χ2v) is 8.88. The Morgan fingerprint density at radius 2 is 1.71 bits per heavy atom. The standard InChI is InChI=1S/C16H20F3NO5S3/c1-4-24-14(21)12(27-15(26)25-5-2)13(16(17,18)19)20-28(22,23)11-8-6-10(3)7-9-11/h6-9,12-13,20H,4-5H2,1-3H3/t12-,13+/m1/s1. The summed E-state index contributed by atoms with van der Waals surface area (Å²) in [6.45, 7) is 4.57. The van der Waals surface area contributed by atoms with E-state index in [2.05, 4.69) is 4.74 Å². The lowest BCUT2D eigenvalue weighted by molar-refractivity contribution is -0.164. The molecule has 1 aromatic carbocycles. The summed E-state index contributed by atoms with van der Waals surface area (Å²) in [6, 6.07) is 2.45. The zero-order valence-corrected chi connectivity index (χ0v) is 17.7. The van der Waals surface area contributed by atoms with Crippen LogP contribution in [0.25, 0.3) is 0 Å². The van der Waals surface area contributed by atoms with Gasteiger partial charge in [-0.3, -0.25) is 4.79 Å². The maximum Gasteiger partial charge on any atom is 0.406 e. The normalized spacial score (nSPS) is 14.2. The molecule has 1 aromatic rings. The summed E-state index contributed by atoms with van der Waals surface area (Å²) in [4.78, 5) is 11.8. The van der Waals surface area contributed by atoms with Gasteiger partial charge in [-0.2, -0.15) is 17.9 Å². The Labute approximate surface area is 171 Å². The van der Waals surface area contributed by atoms with E-state index in [4.69, 9.17) is 17.0 Å². The van der Waals surface area contributed by atoms with Crippen LogP contribution in [0.3, 0.4) is 0 Å². The number of hydrogen-bond acceptors (Lipinski definition) is 7. The molecule has 1 rings (SSSR count). The first-order valence-electron chi connectivity index (χ1n) is 8.08. The number of sulfonamides is 1. The van der Waals surface area contributed by atoms with E-state index in [0.29, 0.717) is 0 Å². The van der Waals surface area contributed by atoms with Gasteiger partial charge in [-0.1, -0.05) is 29.5 Å². The molecule has 0 spiro atoms. The van der Waals surface area contributed by atoms with Crippen molar-refractivity contribution in [3.05, 3.63) is 29.8 Å². The summed E-state index contributed by atoms with van der Waals surface area (Å²) in [5, 5.41) is -2.01. The summed E-state index contributed by atoms with van der Waals surface area (Å²) in [5.74, 6) is -1.26. The van der Waals surface area contributed by atoms with Gasteiger partial charge in [0, 0.05) is 0 Å². The van der Waals surface area contributed by atoms with Crippen LogP contribution >= 0.6 is 24.0 Å². The number of hydrogen-bond donors (Lipinski definition) is 1. The highest BCUT2D eigenvalue weighted by atomic mass is 32.2. The second kappa shape index (κ2) is 10.4. The molecule has 158 valence electrons. The molecular weight excluding hydrogens is 439 g/mol. The Morgan fingerprint density at radius 3 is 2.18 bits per heavy atom. The third kappa shape index (κ3) is 7.22. The number of nitrogens with one attached hydrogen (secondary N) is 1. The Bertz CT molecular complexity index is 782. The molecule has 0 saturated carbocycles. The van der Waals surface area contributed by atoms with Crippen molar-refractivity contribution in [1.29, 1.82) is 0 Å². The third-order valence-electron chi connectivity index (χ3n) is 3.27. The Kier molecular flexibility index (Phi) is 9.18. The summed E-state index contributed by atoms with van der Waals surface area (Å²) >= 11 is 5.09. The molecule has 0 fully saturated rings. The molecule has 12 heteroatoms. The Morgan fingerprint density at radius 1 is 1.18 bits per heavy atom. The second-order valence-electron chi connectivity index (χ2n) is 5.43. The van der Waals surface area contributed by atoms with E-state index in [9.17, 15) is 26.4 Å². The first-order valence-corrected chi connectivity index (χ1v) is 10.8. The van der Waals surface area contributed by atoms with Gasteiger partial charge in [-0.25, -0.2) is 8.42 Å². The monoisotopic (exact) mass is 459 g/mol. The van der Waals surface area contributed by atoms with Crippen LogP contribution in [0, 0.1) is 6.92 Å². The molecule has 2 atom stereocenters. The number of esters is 1. The number of carbonyl (C=O) groups excluding carboxylic acids is 1. The van der Waals surface area contributed by atoms with Crippen LogP contribution < -0.4 is 4.72 Å². The predicted octanol–water partition coefficient (Wildman–Crippen LogP) is 3.19. The largest absolute Gasteiger partial charge is 0.479 e. The zero-order valence-electron chi connectivity index (χ0n) is 15.3. The fourth-order valence-corrected chi connectivity index (χ4v) is 4.65. The molecule has 1 N–H and O–H groups in total. The number of benzene rings is 1. The SMILES string of the molecule is CCOC(=O)[C@H](SC(=S)OCC)[C@H](NS(=O)(=O)c1ccc(C)cc1)C(F)(F)F. The first kappa shape index (κ1) is 24.7. The van der Waals surface area contributed by atoms with Crippen molar-refractivity contribution >= 4 is 44.4 Å². The van der Waals surface area contributed by atoms with Gasteiger partial charge in [0.25, 0.3) is 0 Å². The van der Waals surface area contributed by atoms with E-state index in [-0.39, 0.29) is 34.3 Å². The number of alkyl halides is 3. The van der Waals surface area contributed by atoms with Crippen molar-refractivity contribution in [1.82, 2.24) is 4.72 Å². The van der Waals surface area contributed by atoms with Gasteiger partial charge in [0.05, 0.1) is 18.1 Å². The summed E-state index contributed by atoms with van der Waals surface area (Å²) in [5.41, 5.74) is 0.730. The highest BCUT2D eigenvalue weighted by molar-refractivity contribution is 8.23. The molecule has 0 radical (unpaired) electrons. The third-order valence-corrected chi connectivity index (χ3v) is 6.17. The van der Waals surface area contributed by atoms with Gasteiger partial charge in [0.1, 0.15) is 11.3 Å². The van der Waals surface area contributed by atoms with E-state index in [0.717, 1.165) is 5.56 Å². The number of halogens is 3. The zero-order chi connectivity index (χ0) is 21.5. The number of rotatable bonds is 8. The number of thiocarbonyl (C=S) groups is 1. The molecule has 0 amide bonds. The van der Waals surface area contributed by atoms with Crippen LogP contribution in [0.15, 0.2) is 29.2 Å². The smallest absolute Gasteiger partial charge is 0.406 e. The molecule has 0 aliphatic carbocycles. The number of aryl methyl sites for hydroxylation is 1. The van der Waals surface area contributed by atoms with Crippen LogP contribution in [0.5, 0.6) is 0 Å². The number of thioether (sulfide) groups is 1. The molecular formula is C16H20F3NO5S3. The van der Waals surface area contributed by atoms with Gasteiger partial charge in [0.2, 0.25) is 14.4 Å². The van der Waals surface area contributed by atoms with Crippen LogP contribution in [0.2, 0.25) is 0 Å². The molecule has 0 heterocycles. The van der Waals surface area contributed by atoms with Gasteiger partial charge in [-0.05, 0) is 45.1 Å². The average molecular weight is 460 g/mol. The first-order chi connectivity index (χ1) is 12.9. The molecule has 0 unspecified atom stereocenters. The van der Waals surface area contributed by atoms with E-state index in [1.165, 1.54) is 31.2 Å². The fourth-order valence-electron chi connectivity index (χ4n) is 1.99. The Balaban J connectivity index is 3.28. The molecule has 6 nitrogen and oxygen atoms in total. The van der Waals surface area contributed by atoms with Crippen LogP contribution in [0.1, 0.15) is 19.4 Å². The van der Waals surface area contributed by atoms with Gasteiger partial charge in [-0.15, -0.1) is 0 Å². The molecule has 0 bridgehead atoms. The topological polar surface area (TPSA) is 81.7 Å². The molecule has 0 saturated heterocycles. The Hall–Kier alpha value is -1.37. The van der Waals surface area contributed by atoms with Crippen molar-refractivity contribution in [2.75, 3.05) is 13.2 Å². The van der Waals surface area contributed by atoms with E-state index >= 15 is 0 Å². The van der Waals surface area contributed by atoms with Crippen molar-refractivity contribution in [3.63, 3.8) is 0 Å². The number of carbonyl (C=O) groups is 1. The van der Waals surface area contributed by atoms with Crippen molar-refractivity contribution in [3.8, 4) is 0 Å². The maximum absolute atomic E-state index is 13.7. The van der Waals surface area contributed by atoms with Crippen LogP contribution in [-0.2, 0) is 24.3 Å². The van der Waals surface area contributed by atoms with Crippen LogP contribution in [0.4, 0.5) is 13.2 Å². The minimum atomic E-state index is -5.09. The highest BCUT2D eigenvalue weighted by Gasteiger charge is 2.51. The fraction of sp³-hybridized carbons (Fsp3) is 0.500. The van der Waals surface area contributed by atoms with Gasteiger partial charge >= 0.3 is 12.1 Å². The van der Waals surface area contributed by atoms with E-state index in [1.807, 2.05) is 0 Å². The lowest BCUT2D eigenvalue weighted by Gasteiger charge is -2.27. The molecule has 0 aromatic heterocycles. The summed E-state index contributed by atoms with van der Waals surface area (Å²) < 4.78 is 76.8. The molecule has 0 aliphatic rings. The van der Waals surface area contributed by atoms with E-state index < -0.39 is 33.5 Å². The van der Waals surface area contributed by atoms with Crippen molar-refractivity contribution in [2.24, 2.45) is 0 Å². The molecule has 28 heavy (non-hydrogen) atoms. The van der Waals surface area contributed by atoms with Gasteiger partial charge < -0.3 is 9.47 Å². The summed E-state index contributed by atoms with van der Waals surface area (Å²) in [7, 11) is -4.58. The van der Waals surface area contributed by atoms with Crippen molar-refractivity contribution < 1.29 is 35.9 Å². The van der Waals surface area contributed by atoms with Crippen molar-refractivity contribution in [2.45, 2.75) is 43.1 Å². The predicted molar refractivity (Wildman–Crippen MR) is 104 cm³/mol. The number of ether oxygens (including phenoxy) is 2. The average Bonchev–Trinajstić information content (AvgIpc) is 2.58. The van der Waals surface area contributed by atoms with Crippen LogP contribution in [-0.4, -0.2) is 49.5 Å². The lowest BCUT2D eigenvalue weighted by Crippen LogP contribution is -2.54. The van der Waals surface area contributed by atoms with Gasteiger partial charge in [0.15, 0.2) is 0 Å². The minimum Gasteiger partial charge on any atom is -0.479 e.